The molecule has 0 saturated carbocycles. The lowest BCUT2D eigenvalue weighted by atomic mass is 10.1. The fourth-order valence-electron chi connectivity index (χ4n) is 2.61. The number of carbonyl (C=O) groups is 1. The van der Waals surface area contributed by atoms with Crippen molar-refractivity contribution in [3.63, 3.8) is 0 Å². The molecule has 0 aliphatic carbocycles. The Kier molecular flexibility index (Phi) is 5.76. The average molecular weight is 294 g/mol. The zero-order chi connectivity index (χ0) is 15.2. The molecule has 6 nitrogen and oxygen atoms in total. The van der Waals surface area contributed by atoms with Gasteiger partial charge in [-0.15, -0.1) is 0 Å². The first-order valence-electron chi connectivity index (χ1n) is 7.68. The monoisotopic (exact) mass is 294 g/mol. The fourth-order valence-corrected chi connectivity index (χ4v) is 2.61. The molecule has 118 valence electrons. The SMILES string of the molecule is Cc1cc(C(=O)NCC[C@H]2CN(CC(C)C)CCO2)n[nH]1. The maximum Gasteiger partial charge on any atom is 0.271 e. The van der Waals surface area contributed by atoms with E-state index in [4.69, 9.17) is 4.74 Å². The van der Waals surface area contributed by atoms with Gasteiger partial charge < -0.3 is 10.1 Å². The standard InChI is InChI=1S/C15H26N4O2/c1-11(2)9-19-6-7-21-13(10-19)4-5-16-15(20)14-8-12(3)17-18-14/h8,11,13H,4-7,9-10H2,1-3H3,(H,16,20)(H,17,18)/t13-/m0/s1. The lowest BCUT2D eigenvalue weighted by molar-refractivity contribution is -0.0344. The summed E-state index contributed by atoms with van der Waals surface area (Å²) in [4.78, 5) is 14.3. The van der Waals surface area contributed by atoms with E-state index in [0.717, 1.165) is 38.4 Å². The van der Waals surface area contributed by atoms with Crippen molar-refractivity contribution in [2.24, 2.45) is 5.92 Å². The summed E-state index contributed by atoms with van der Waals surface area (Å²) in [5, 5.41) is 9.62. The van der Waals surface area contributed by atoms with Gasteiger partial charge in [0.25, 0.3) is 5.91 Å². The van der Waals surface area contributed by atoms with Crippen LogP contribution in [0.3, 0.4) is 0 Å². The number of aromatic nitrogens is 2. The van der Waals surface area contributed by atoms with E-state index in [1.165, 1.54) is 0 Å². The minimum atomic E-state index is -0.130. The number of hydrogen-bond acceptors (Lipinski definition) is 4. The molecule has 2 rings (SSSR count). The van der Waals surface area contributed by atoms with Crippen LogP contribution in [0, 0.1) is 12.8 Å². The Bertz CT molecular complexity index is 458. The van der Waals surface area contributed by atoms with Crippen LogP contribution in [0.15, 0.2) is 6.07 Å². The highest BCUT2D eigenvalue weighted by molar-refractivity contribution is 5.92. The maximum atomic E-state index is 11.9. The molecule has 2 N–H and O–H groups in total. The first kappa shape index (κ1) is 16.0. The molecule has 1 saturated heterocycles. The van der Waals surface area contributed by atoms with Crippen LogP contribution in [-0.2, 0) is 4.74 Å². The van der Waals surface area contributed by atoms with Crippen LogP contribution in [0.1, 0.15) is 36.5 Å². The van der Waals surface area contributed by atoms with Crippen LogP contribution in [0.4, 0.5) is 0 Å². The predicted octanol–water partition coefficient (Wildman–Crippen LogP) is 1.19. The second-order valence-corrected chi connectivity index (χ2v) is 6.13. The highest BCUT2D eigenvalue weighted by Crippen LogP contribution is 2.10. The van der Waals surface area contributed by atoms with Crippen molar-refractivity contribution in [3.05, 3.63) is 17.5 Å². The molecule has 0 radical (unpaired) electrons. The number of rotatable bonds is 6. The number of H-pyrrole nitrogens is 1. The summed E-state index contributed by atoms with van der Waals surface area (Å²) in [5.41, 5.74) is 1.33. The number of carbonyl (C=O) groups excluding carboxylic acids is 1. The summed E-state index contributed by atoms with van der Waals surface area (Å²) in [6.45, 7) is 10.8. The fraction of sp³-hybridized carbons (Fsp3) is 0.733. The van der Waals surface area contributed by atoms with Crippen molar-refractivity contribution in [2.75, 3.05) is 32.8 Å². The number of aryl methyl sites for hydroxylation is 1. The van der Waals surface area contributed by atoms with Gasteiger partial charge in [0.2, 0.25) is 0 Å². The Balaban J connectivity index is 1.69. The number of nitrogens with one attached hydrogen (secondary N) is 2. The Labute approximate surface area is 126 Å². The van der Waals surface area contributed by atoms with Crippen LogP contribution in [0.25, 0.3) is 0 Å². The summed E-state index contributed by atoms with van der Waals surface area (Å²) < 4.78 is 5.77. The largest absolute Gasteiger partial charge is 0.375 e. The van der Waals surface area contributed by atoms with Crippen molar-refractivity contribution >= 4 is 5.91 Å². The highest BCUT2D eigenvalue weighted by Gasteiger charge is 2.21. The lowest BCUT2D eigenvalue weighted by Gasteiger charge is -2.33. The number of amides is 1. The molecule has 0 unspecified atom stereocenters. The Morgan fingerprint density at radius 2 is 2.43 bits per heavy atom. The van der Waals surface area contributed by atoms with Crippen molar-refractivity contribution in [1.82, 2.24) is 20.4 Å². The molecule has 0 spiro atoms. The molecule has 1 fully saturated rings. The quantitative estimate of drug-likeness (QED) is 0.827. The smallest absolute Gasteiger partial charge is 0.271 e. The van der Waals surface area contributed by atoms with E-state index in [0.29, 0.717) is 18.2 Å². The summed E-state index contributed by atoms with van der Waals surface area (Å²) in [6.07, 6.45) is 1.04. The molecule has 0 bridgehead atoms. The summed E-state index contributed by atoms with van der Waals surface area (Å²) >= 11 is 0. The molecule has 1 aromatic heterocycles. The lowest BCUT2D eigenvalue weighted by Crippen LogP contribution is -2.45. The van der Waals surface area contributed by atoms with Crippen molar-refractivity contribution in [2.45, 2.75) is 33.3 Å². The second kappa shape index (κ2) is 7.56. The summed E-state index contributed by atoms with van der Waals surface area (Å²) in [6, 6.07) is 1.75. The van der Waals surface area contributed by atoms with Crippen LogP contribution < -0.4 is 5.32 Å². The first-order chi connectivity index (χ1) is 10.0. The third-order valence-electron chi connectivity index (χ3n) is 3.54. The minimum Gasteiger partial charge on any atom is -0.375 e. The number of morpholine rings is 1. The van der Waals surface area contributed by atoms with E-state index in [-0.39, 0.29) is 12.0 Å². The van der Waals surface area contributed by atoms with Gasteiger partial charge in [-0.3, -0.25) is 14.8 Å². The molecule has 1 aliphatic heterocycles. The highest BCUT2D eigenvalue weighted by atomic mass is 16.5. The predicted molar refractivity (Wildman–Crippen MR) is 81.3 cm³/mol. The number of ether oxygens (including phenoxy) is 1. The van der Waals surface area contributed by atoms with Gasteiger partial charge in [-0.25, -0.2) is 0 Å². The van der Waals surface area contributed by atoms with E-state index < -0.39 is 0 Å². The van der Waals surface area contributed by atoms with E-state index in [1.54, 1.807) is 6.07 Å². The molecule has 2 heterocycles. The van der Waals surface area contributed by atoms with Crippen molar-refractivity contribution in [3.8, 4) is 0 Å². The third kappa shape index (κ3) is 5.13. The molecule has 0 aromatic carbocycles. The maximum absolute atomic E-state index is 11.9. The molecular weight excluding hydrogens is 268 g/mol. The summed E-state index contributed by atoms with van der Waals surface area (Å²) in [7, 11) is 0. The minimum absolute atomic E-state index is 0.130. The number of hydrogen-bond donors (Lipinski definition) is 2. The first-order valence-corrected chi connectivity index (χ1v) is 7.68. The summed E-state index contributed by atoms with van der Waals surface area (Å²) in [5.74, 6) is 0.542. The van der Waals surface area contributed by atoms with E-state index in [9.17, 15) is 4.79 Å². The van der Waals surface area contributed by atoms with Gasteiger partial charge in [0.05, 0.1) is 12.7 Å². The van der Waals surface area contributed by atoms with Crippen molar-refractivity contribution < 1.29 is 9.53 Å². The Morgan fingerprint density at radius 1 is 1.62 bits per heavy atom. The molecule has 1 amide bonds. The van der Waals surface area contributed by atoms with Gasteiger partial charge in [-0.1, -0.05) is 13.8 Å². The molecule has 1 atom stereocenters. The van der Waals surface area contributed by atoms with Gasteiger partial charge in [0.1, 0.15) is 5.69 Å². The van der Waals surface area contributed by atoms with Gasteiger partial charge in [0.15, 0.2) is 0 Å². The van der Waals surface area contributed by atoms with Crippen LogP contribution in [0.2, 0.25) is 0 Å². The number of aromatic amines is 1. The molecule has 1 aromatic rings. The van der Waals surface area contributed by atoms with Gasteiger partial charge in [0, 0.05) is 31.9 Å². The van der Waals surface area contributed by atoms with Crippen LogP contribution in [0.5, 0.6) is 0 Å². The van der Waals surface area contributed by atoms with Gasteiger partial charge in [-0.05, 0) is 25.3 Å². The Hall–Kier alpha value is -1.40. The second-order valence-electron chi connectivity index (χ2n) is 6.13. The molecular formula is C15H26N4O2. The van der Waals surface area contributed by atoms with Gasteiger partial charge >= 0.3 is 0 Å². The zero-order valence-corrected chi connectivity index (χ0v) is 13.2. The van der Waals surface area contributed by atoms with Gasteiger partial charge in [-0.2, -0.15) is 5.10 Å². The molecule has 21 heavy (non-hydrogen) atoms. The Morgan fingerprint density at radius 3 is 3.10 bits per heavy atom. The number of nitrogens with zero attached hydrogens (tertiary/aromatic N) is 2. The third-order valence-corrected chi connectivity index (χ3v) is 3.54. The van der Waals surface area contributed by atoms with Crippen LogP contribution >= 0.6 is 0 Å². The normalized spacial score (nSPS) is 19.9. The van der Waals surface area contributed by atoms with E-state index >= 15 is 0 Å². The average Bonchev–Trinajstić information content (AvgIpc) is 2.85. The van der Waals surface area contributed by atoms with Crippen molar-refractivity contribution in [1.29, 1.82) is 0 Å². The topological polar surface area (TPSA) is 70.2 Å². The molecule has 6 heteroatoms. The van der Waals surface area contributed by atoms with E-state index in [2.05, 4.69) is 34.3 Å². The van der Waals surface area contributed by atoms with E-state index in [1.807, 2.05) is 6.92 Å². The van der Waals surface area contributed by atoms with Crippen LogP contribution in [-0.4, -0.2) is 59.9 Å². The zero-order valence-electron chi connectivity index (χ0n) is 13.2. The molecule has 1 aliphatic rings.